The summed E-state index contributed by atoms with van der Waals surface area (Å²) in [6.45, 7) is 0.955. The molecule has 1 amide bonds. The van der Waals surface area contributed by atoms with E-state index in [0.717, 1.165) is 28.6 Å². The molecule has 0 fully saturated rings. The average molecular weight is 308 g/mol. The van der Waals surface area contributed by atoms with Crippen LogP contribution >= 0.6 is 0 Å². The second-order valence-electron chi connectivity index (χ2n) is 5.45. The SMILES string of the molecule is COc1cccc(CCNC(=O)Cn2ccc3ccccc32)c1. The van der Waals surface area contributed by atoms with Gasteiger partial charge >= 0.3 is 0 Å². The fourth-order valence-electron chi connectivity index (χ4n) is 2.66. The van der Waals surface area contributed by atoms with E-state index >= 15 is 0 Å². The lowest BCUT2D eigenvalue weighted by Crippen LogP contribution is -2.29. The zero-order valence-corrected chi connectivity index (χ0v) is 13.2. The molecule has 2 aromatic carbocycles. The van der Waals surface area contributed by atoms with E-state index in [0.29, 0.717) is 13.1 Å². The predicted octanol–water partition coefficient (Wildman–Crippen LogP) is 3.01. The van der Waals surface area contributed by atoms with Gasteiger partial charge in [-0.1, -0.05) is 30.3 Å². The minimum absolute atomic E-state index is 0.0225. The van der Waals surface area contributed by atoms with Gasteiger partial charge in [0, 0.05) is 18.3 Å². The van der Waals surface area contributed by atoms with Crippen molar-refractivity contribution < 1.29 is 9.53 Å². The quantitative estimate of drug-likeness (QED) is 0.760. The van der Waals surface area contributed by atoms with Gasteiger partial charge in [-0.25, -0.2) is 0 Å². The molecule has 1 heterocycles. The number of carbonyl (C=O) groups is 1. The van der Waals surface area contributed by atoms with E-state index in [9.17, 15) is 4.79 Å². The summed E-state index contributed by atoms with van der Waals surface area (Å²) in [4.78, 5) is 12.1. The first-order valence-corrected chi connectivity index (χ1v) is 7.70. The van der Waals surface area contributed by atoms with Crippen LogP contribution in [0.5, 0.6) is 5.75 Å². The Balaban J connectivity index is 1.53. The molecule has 23 heavy (non-hydrogen) atoms. The van der Waals surface area contributed by atoms with Crippen LogP contribution in [-0.2, 0) is 17.8 Å². The summed E-state index contributed by atoms with van der Waals surface area (Å²) in [5.41, 5.74) is 2.23. The van der Waals surface area contributed by atoms with Gasteiger partial charge in [-0.2, -0.15) is 0 Å². The largest absolute Gasteiger partial charge is 0.497 e. The molecule has 0 spiro atoms. The molecule has 0 aliphatic heterocycles. The lowest BCUT2D eigenvalue weighted by atomic mass is 10.1. The van der Waals surface area contributed by atoms with Crippen LogP contribution in [0.25, 0.3) is 10.9 Å². The summed E-state index contributed by atoms with van der Waals surface area (Å²) in [5.74, 6) is 0.863. The molecule has 0 aliphatic carbocycles. The van der Waals surface area contributed by atoms with Gasteiger partial charge in [-0.15, -0.1) is 0 Å². The summed E-state index contributed by atoms with van der Waals surface area (Å²) < 4.78 is 7.17. The van der Waals surface area contributed by atoms with Crippen molar-refractivity contribution in [2.45, 2.75) is 13.0 Å². The number of nitrogens with one attached hydrogen (secondary N) is 1. The standard InChI is InChI=1S/C19H20N2O2/c1-23-17-7-4-5-15(13-17)9-11-20-19(22)14-21-12-10-16-6-2-3-8-18(16)21/h2-8,10,12-13H,9,11,14H2,1H3,(H,20,22). The van der Waals surface area contributed by atoms with Crippen molar-refractivity contribution in [3.63, 3.8) is 0 Å². The van der Waals surface area contributed by atoms with E-state index in [1.165, 1.54) is 0 Å². The number of hydrogen-bond acceptors (Lipinski definition) is 2. The predicted molar refractivity (Wildman–Crippen MR) is 91.6 cm³/mol. The van der Waals surface area contributed by atoms with Crippen LogP contribution < -0.4 is 10.1 Å². The molecule has 0 unspecified atom stereocenters. The van der Waals surface area contributed by atoms with Gasteiger partial charge in [-0.05, 0) is 41.6 Å². The summed E-state index contributed by atoms with van der Waals surface area (Å²) in [7, 11) is 1.66. The highest BCUT2D eigenvalue weighted by molar-refractivity contribution is 5.83. The maximum atomic E-state index is 12.1. The Bertz CT molecular complexity index is 808. The van der Waals surface area contributed by atoms with Crippen LogP contribution in [0.4, 0.5) is 0 Å². The molecule has 0 radical (unpaired) electrons. The lowest BCUT2D eigenvalue weighted by Gasteiger charge is -2.08. The van der Waals surface area contributed by atoms with Crippen molar-refractivity contribution in [3.8, 4) is 5.75 Å². The number of amides is 1. The molecule has 1 aromatic heterocycles. The first-order valence-electron chi connectivity index (χ1n) is 7.70. The molecule has 0 saturated heterocycles. The van der Waals surface area contributed by atoms with E-state index in [4.69, 9.17) is 4.74 Å². The minimum atomic E-state index is 0.0225. The van der Waals surface area contributed by atoms with Gasteiger partial charge in [-0.3, -0.25) is 4.79 Å². The number of para-hydroxylation sites is 1. The van der Waals surface area contributed by atoms with Crippen LogP contribution in [0.15, 0.2) is 60.8 Å². The maximum Gasteiger partial charge on any atom is 0.239 e. The molecular weight excluding hydrogens is 288 g/mol. The van der Waals surface area contributed by atoms with Gasteiger partial charge in [0.15, 0.2) is 0 Å². The number of rotatable bonds is 6. The van der Waals surface area contributed by atoms with Crippen LogP contribution in [-0.4, -0.2) is 24.1 Å². The zero-order valence-electron chi connectivity index (χ0n) is 13.2. The molecule has 0 aliphatic rings. The van der Waals surface area contributed by atoms with Gasteiger partial charge in [0.2, 0.25) is 5.91 Å². The molecule has 4 heteroatoms. The van der Waals surface area contributed by atoms with Gasteiger partial charge < -0.3 is 14.6 Å². The molecule has 1 N–H and O–H groups in total. The molecule has 3 aromatic rings. The number of carbonyl (C=O) groups excluding carboxylic acids is 1. The number of hydrogen-bond donors (Lipinski definition) is 1. The molecule has 0 atom stereocenters. The Morgan fingerprint density at radius 2 is 2.00 bits per heavy atom. The molecule has 118 valence electrons. The van der Waals surface area contributed by atoms with E-state index in [1.807, 2.05) is 65.4 Å². The van der Waals surface area contributed by atoms with Crippen LogP contribution in [0.2, 0.25) is 0 Å². The monoisotopic (exact) mass is 308 g/mol. The number of benzene rings is 2. The number of nitrogens with zero attached hydrogens (tertiary/aromatic N) is 1. The van der Waals surface area contributed by atoms with Crippen molar-refractivity contribution in [1.29, 1.82) is 0 Å². The third-order valence-electron chi connectivity index (χ3n) is 3.86. The second-order valence-corrected chi connectivity index (χ2v) is 5.45. The Labute approximate surface area is 135 Å². The van der Waals surface area contributed by atoms with Crippen molar-refractivity contribution in [2.24, 2.45) is 0 Å². The Hall–Kier alpha value is -2.75. The number of methoxy groups -OCH3 is 1. The summed E-state index contributed by atoms with van der Waals surface area (Å²) >= 11 is 0. The Morgan fingerprint density at radius 3 is 2.87 bits per heavy atom. The third kappa shape index (κ3) is 3.72. The highest BCUT2D eigenvalue weighted by atomic mass is 16.5. The van der Waals surface area contributed by atoms with Crippen LogP contribution in [0.1, 0.15) is 5.56 Å². The second kappa shape index (κ2) is 7.01. The average Bonchev–Trinajstić information content (AvgIpc) is 2.98. The van der Waals surface area contributed by atoms with Crippen LogP contribution in [0.3, 0.4) is 0 Å². The molecule has 0 saturated carbocycles. The topological polar surface area (TPSA) is 43.3 Å². The van der Waals surface area contributed by atoms with E-state index in [-0.39, 0.29) is 5.91 Å². The van der Waals surface area contributed by atoms with Gasteiger partial charge in [0.25, 0.3) is 0 Å². The third-order valence-corrected chi connectivity index (χ3v) is 3.86. The summed E-state index contributed by atoms with van der Waals surface area (Å²) in [6, 6.07) is 18.0. The van der Waals surface area contributed by atoms with Crippen LogP contribution in [0, 0.1) is 0 Å². The van der Waals surface area contributed by atoms with Crippen molar-refractivity contribution in [1.82, 2.24) is 9.88 Å². The zero-order chi connectivity index (χ0) is 16.1. The lowest BCUT2D eigenvalue weighted by molar-refractivity contribution is -0.121. The number of ether oxygens (including phenoxy) is 1. The number of fused-ring (bicyclic) bond motifs is 1. The highest BCUT2D eigenvalue weighted by Gasteiger charge is 2.05. The molecule has 0 bridgehead atoms. The first kappa shape index (κ1) is 15.2. The Kier molecular flexibility index (Phi) is 4.62. The Morgan fingerprint density at radius 1 is 1.13 bits per heavy atom. The van der Waals surface area contributed by atoms with E-state index in [1.54, 1.807) is 7.11 Å². The summed E-state index contributed by atoms with van der Waals surface area (Å²) in [6.07, 6.45) is 2.74. The smallest absolute Gasteiger partial charge is 0.239 e. The molecular formula is C19H20N2O2. The number of aromatic nitrogens is 1. The summed E-state index contributed by atoms with van der Waals surface area (Å²) in [5, 5.41) is 4.12. The van der Waals surface area contributed by atoms with Gasteiger partial charge in [0.05, 0.1) is 7.11 Å². The fourth-order valence-corrected chi connectivity index (χ4v) is 2.66. The van der Waals surface area contributed by atoms with Crippen molar-refractivity contribution in [3.05, 3.63) is 66.4 Å². The normalized spacial score (nSPS) is 10.7. The fraction of sp³-hybridized carbons (Fsp3) is 0.211. The van der Waals surface area contributed by atoms with Crippen molar-refractivity contribution >= 4 is 16.8 Å². The van der Waals surface area contributed by atoms with Crippen molar-refractivity contribution in [2.75, 3.05) is 13.7 Å². The molecule has 3 rings (SSSR count). The maximum absolute atomic E-state index is 12.1. The van der Waals surface area contributed by atoms with Gasteiger partial charge in [0.1, 0.15) is 12.3 Å². The van der Waals surface area contributed by atoms with E-state index < -0.39 is 0 Å². The minimum Gasteiger partial charge on any atom is -0.497 e. The van der Waals surface area contributed by atoms with E-state index in [2.05, 4.69) is 5.32 Å². The highest BCUT2D eigenvalue weighted by Crippen LogP contribution is 2.15. The first-order chi connectivity index (χ1) is 11.3. The molecule has 4 nitrogen and oxygen atoms in total.